The predicted octanol–water partition coefficient (Wildman–Crippen LogP) is 9.24. The molecule has 0 fully saturated rings. The summed E-state index contributed by atoms with van der Waals surface area (Å²) in [6.45, 7) is 13.0. The molecule has 0 saturated heterocycles. The molecule has 5 aromatic rings. The standard InChI is InChI=1S/C33H34O2S/c1-32(2,3)24-12-7-10-20-15-17-22(30(34)27(20)24)29(26-14-9-19-36-26)23-18-16-21-11-8-13-25(33(4,5)6)28(21)31(23)35/h7-19,29,34-35H,1-6H3. The summed E-state index contributed by atoms with van der Waals surface area (Å²) in [5, 5.41) is 29.5. The number of fused-ring (bicyclic) bond motifs is 2. The molecule has 0 spiro atoms. The van der Waals surface area contributed by atoms with E-state index in [1.165, 1.54) is 0 Å². The van der Waals surface area contributed by atoms with Gasteiger partial charge in [0.1, 0.15) is 11.5 Å². The summed E-state index contributed by atoms with van der Waals surface area (Å²) in [7, 11) is 0. The van der Waals surface area contributed by atoms with Gasteiger partial charge in [0.15, 0.2) is 0 Å². The average Bonchev–Trinajstić information content (AvgIpc) is 3.35. The lowest BCUT2D eigenvalue weighted by Gasteiger charge is -2.26. The fourth-order valence-corrected chi connectivity index (χ4v) is 6.26. The Hall–Kier alpha value is -3.30. The van der Waals surface area contributed by atoms with Gasteiger partial charge < -0.3 is 10.2 Å². The first-order valence-corrected chi connectivity index (χ1v) is 13.4. The first kappa shape index (κ1) is 24.4. The van der Waals surface area contributed by atoms with Crippen molar-refractivity contribution in [3.8, 4) is 11.5 Å². The molecular weight excluding hydrogens is 460 g/mol. The highest BCUT2D eigenvalue weighted by atomic mass is 32.1. The summed E-state index contributed by atoms with van der Waals surface area (Å²) in [4.78, 5) is 1.08. The maximum absolute atomic E-state index is 11.8. The third-order valence-electron chi connectivity index (χ3n) is 7.16. The molecule has 4 aromatic carbocycles. The van der Waals surface area contributed by atoms with E-state index in [4.69, 9.17) is 0 Å². The molecule has 0 atom stereocenters. The van der Waals surface area contributed by atoms with Crippen molar-refractivity contribution in [2.45, 2.75) is 58.3 Å². The number of phenolic OH excluding ortho intramolecular Hbond substituents is 2. The van der Waals surface area contributed by atoms with Crippen molar-refractivity contribution in [1.82, 2.24) is 0 Å². The van der Waals surface area contributed by atoms with Gasteiger partial charge in [-0.15, -0.1) is 11.3 Å². The van der Waals surface area contributed by atoms with Crippen molar-refractivity contribution >= 4 is 32.9 Å². The number of aromatic hydroxyl groups is 2. The minimum absolute atomic E-state index is 0.124. The number of rotatable bonds is 3. The van der Waals surface area contributed by atoms with Crippen molar-refractivity contribution in [2.24, 2.45) is 0 Å². The molecule has 2 N–H and O–H groups in total. The maximum Gasteiger partial charge on any atom is 0.127 e. The number of hydrogen-bond donors (Lipinski definition) is 2. The van der Waals surface area contributed by atoms with Crippen LogP contribution in [0, 0.1) is 0 Å². The minimum Gasteiger partial charge on any atom is -0.507 e. The summed E-state index contributed by atoms with van der Waals surface area (Å²) in [6, 6.07) is 24.8. The zero-order valence-electron chi connectivity index (χ0n) is 21.9. The Kier molecular flexibility index (Phi) is 5.88. The Labute approximate surface area is 217 Å². The molecule has 0 unspecified atom stereocenters. The summed E-state index contributed by atoms with van der Waals surface area (Å²) in [6.07, 6.45) is 0. The van der Waals surface area contributed by atoms with Gasteiger partial charge in [-0.1, -0.05) is 108 Å². The fourth-order valence-electron chi connectivity index (χ4n) is 5.40. The van der Waals surface area contributed by atoms with Crippen LogP contribution in [0.5, 0.6) is 11.5 Å². The normalized spacial score (nSPS) is 12.6. The summed E-state index contributed by atoms with van der Waals surface area (Å²) >= 11 is 1.65. The van der Waals surface area contributed by atoms with Crippen LogP contribution in [0.2, 0.25) is 0 Å². The Balaban J connectivity index is 1.84. The molecule has 0 amide bonds. The number of benzene rings is 4. The van der Waals surface area contributed by atoms with Gasteiger partial charge in [-0.3, -0.25) is 0 Å². The lowest BCUT2D eigenvalue weighted by atomic mass is 9.79. The third kappa shape index (κ3) is 4.06. The molecule has 3 heteroatoms. The van der Waals surface area contributed by atoms with Crippen LogP contribution in [0.25, 0.3) is 21.5 Å². The molecule has 36 heavy (non-hydrogen) atoms. The van der Waals surface area contributed by atoms with Crippen LogP contribution in [0.15, 0.2) is 78.2 Å². The first-order chi connectivity index (χ1) is 17.0. The van der Waals surface area contributed by atoms with Gasteiger partial charge in [0.2, 0.25) is 0 Å². The van der Waals surface area contributed by atoms with Gasteiger partial charge in [0.05, 0.1) is 5.92 Å². The number of phenols is 2. The SMILES string of the molecule is CC(C)(C)c1cccc2ccc(C(c3cccs3)c3ccc4cccc(C(C)(C)C)c4c3O)c(O)c12. The summed E-state index contributed by atoms with van der Waals surface area (Å²) in [5.41, 5.74) is 3.60. The van der Waals surface area contributed by atoms with E-state index in [1.54, 1.807) is 11.3 Å². The molecule has 0 bridgehead atoms. The van der Waals surface area contributed by atoms with Gasteiger partial charge in [0.25, 0.3) is 0 Å². The molecule has 184 valence electrons. The van der Waals surface area contributed by atoms with E-state index < -0.39 is 0 Å². The Bertz CT molecular complexity index is 1460. The van der Waals surface area contributed by atoms with Gasteiger partial charge in [0, 0.05) is 26.8 Å². The van der Waals surface area contributed by atoms with Crippen LogP contribution < -0.4 is 0 Å². The fraction of sp³-hybridized carbons (Fsp3) is 0.273. The van der Waals surface area contributed by atoms with E-state index in [9.17, 15) is 10.2 Å². The zero-order valence-corrected chi connectivity index (χ0v) is 22.7. The highest BCUT2D eigenvalue weighted by Gasteiger charge is 2.29. The Morgan fingerprint density at radius 1 is 0.583 bits per heavy atom. The molecule has 0 aliphatic rings. The van der Waals surface area contributed by atoms with Crippen LogP contribution >= 0.6 is 11.3 Å². The van der Waals surface area contributed by atoms with Gasteiger partial charge in [-0.2, -0.15) is 0 Å². The zero-order chi connectivity index (χ0) is 25.8. The first-order valence-electron chi connectivity index (χ1n) is 12.5. The highest BCUT2D eigenvalue weighted by molar-refractivity contribution is 7.10. The third-order valence-corrected chi connectivity index (χ3v) is 8.10. The lowest BCUT2D eigenvalue weighted by molar-refractivity contribution is 0.463. The van der Waals surface area contributed by atoms with E-state index in [2.05, 4.69) is 102 Å². The summed E-state index contributed by atoms with van der Waals surface area (Å²) < 4.78 is 0. The van der Waals surface area contributed by atoms with E-state index in [-0.39, 0.29) is 16.7 Å². The Morgan fingerprint density at radius 3 is 1.44 bits per heavy atom. The second-order valence-electron chi connectivity index (χ2n) is 11.8. The van der Waals surface area contributed by atoms with Gasteiger partial charge in [-0.05, 0) is 44.2 Å². The maximum atomic E-state index is 11.8. The number of hydrogen-bond acceptors (Lipinski definition) is 3. The minimum atomic E-state index is -0.292. The predicted molar refractivity (Wildman–Crippen MR) is 154 cm³/mol. The summed E-state index contributed by atoms with van der Waals surface area (Å²) in [5.74, 6) is 0.292. The second-order valence-corrected chi connectivity index (χ2v) is 12.7. The van der Waals surface area contributed by atoms with Crippen molar-refractivity contribution in [3.05, 3.63) is 105 Å². The number of thiophene rings is 1. The molecule has 0 radical (unpaired) electrons. The highest BCUT2D eigenvalue weighted by Crippen LogP contribution is 2.48. The van der Waals surface area contributed by atoms with E-state index in [0.717, 1.165) is 48.7 Å². The second kappa shape index (κ2) is 8.67. The van der Waals surface area contributed by atoms with Crippen LogP contribution in [-0.2, 0) is 10.8 Å². The monoisotopic (exact) mass is 494 g/mol. The van der Waals surface area contributed by atoms with E-state index >= 15 is 0 Å². The van der Waals surface area contributed by atoms with Gasteiger partial charge in [-0.25, -0.2) is 0 Å². The molecular formula is C33H34O2S. The van der Waals surface area contributed by atoms with Crippen LogP contribution in [-0.4, -0.2) is 10.2 Å². The molecule has 1 heterocycles. The van der Waals surface area contributed by atoms with Crippen molar-refractivity contribution < 1.29 is 10.2 Å². The van der Waals surface area contributed by atoms with Crippen molar-refractivity contribution in [3.63, 3.8) is 0 Å². The molecule has 2 nitrogen and oxygen atoms in total. The molecule has 0 aliphatic carbocycles. The van der Waals surface area contributed by atoms with Crippen LogP contribution in [0.1, 0.15) is 74.6 Å². The smallest absolute Gasteiger partial charge is 0.127 e. The van der Waals surface area contributed by atoms with Crippen LogP contribution in [0.3, 0.4) is 0 Å². The van der Waals surface area contributed by atoms with E-state index in [1.807, 2.05) is 18.2 Å². The lowest BCUT2D eigenvalue weighted by Crippen LogP contribution is -2.13. The quantitative estimate of drug-likeness (QED) is 0.262. The van der Waals surface area contributed by atoms with Crippen molar-refractivity contribution in [1.29, 1.82) is 0 Å². The molecule has 1 aromatic heterocycles. The topological polar surface area (TPSA) is 40.5 Å². The Morgan fingerprint density at radius 2 is 1.06 bits per heavy atom. The average molecular weight is 495 g/mol. The molecule has 0 saturated carbocycles. The molecule has 0 aliphatic heterocycles. The van der Waals surface area contributed by atoms with Crippen LogP contribution in [0.4, 0.5) is 0 Å². The largest absolute Gasteiger partial charge is 0.507 e. The van der Waals surface area contributed by atoms with E-state index in [0.29, 0.717) is 11.5 Å². The van der Waals surface area contributed by atoms with Gasteiger partial charge >= 0.3 is 0 Å². The molecule has 5 rings (SSSR count). The van der Waals surface area contributed by atoms with Crippen molar-refractivity contribution in [2.75, 3.05) is 0 Å².